The highest BCUT2D eigenvalue weighted by atomic mass is 14.0. The van der Waals surface area contributed by atoms with Gasteiger partial charge < -0.3 is 0 Å². The van der Waals surface area contributed by atoms with Crippen LogP contribution >= 0.6 is 0 Å². The molecule has 1 aliphatic rings. The van der Waals surface area contributed by atoms with E-state index in [1.165, 1.54) is 51.4 Å². The van der Waals surface area contributed by atoms with Crippen molar-refractivity contribution in [3.05, 3.63) is 0 Å². The van der Waals surface area contributed by atoms with Crippen LogP contribution in [0.5, 0.6) is 0 Å². The van der Waals surface area contributed by atoms with Gasteiger partial charge in [-0.25, -0.2) is 0 Å². The van der Waals surface area contributed by atoms with Crippen molar-refractivity contribution in [1.82, 2.24) is 0 Å². The highest BCUT2D eigenvalue weighted by molar-refractivity contribution is 4.50. The average molecular weight is 170 g/mol. The van der Waals surface area contributed by atoms with Crippen molar-refractivity contribution < 1.29 is 0 Å². The minimum atomic E-state index is 0.954. The van der Waals surface area contributed by atoms with E-state index in [4.69, 9.17) is 0 Å². The number of unbranched alkanes of at least 4 members (excludes halogenated alkanes) is 1. The van der Waals surface area contributed by atoms with Crippen molar-refractivity contribution >= 4 is 0 Å². The molecular formula is C12H26. The molecule has 1 fully saturated rings. The molecule has 0 spiro atoms. The minimum Gasteiger partial charge on any atom is -0.0654 e. The van der Waals surface area contributed by atoms with Crippen molar-refractivity contribution in [3.8, 4) is 0 Å². The Bertz CT molecular complexity index is 68.1. The zero-order valence-electron chi connectivity index (χ0n) is 9.23. The van der Waals surface area contributed by atoms with Crippen LogP contribution in [0, 0.1) is 5.92 Å². The molecule has 0 heterocycles. The molecule has 0 radical (unpaired) electrons. The van der Waals surface area contributed by atoms with Gasteiger partial charge in [-0.3, -0.25) is 0 Å². The van der Waals surface area contributed by atoms with Crippen molar-refractivity contribution in [2.45, 2.75) is 72.1 Å². The fraction of sp³-hybridized carbons (Fsp3) is 1.00. The Morgan fingerprint density at radius 1 is 1.00 bits per heavy atom. The summed E-state index contributed by atoms with van der Waals surface area (Å²) in [5, 5.41) is 0. The lowest BCUT2D eigenvalue weighted by Crippen LogP contribution is -1.89. The zero-order valence-corrected chi connectivity index (χ0v) is 9.23. The second-order valence-electron chi connectivity index (χ2n) is 4.07. The van der Waals surface area contributed by atoms with E-state index < -0.39 is 0 Å². The Morgan fingerprint density at radius 3 is 1.75 bits per heavy atom. The molecule has 12 heavy (non-hydrogen) atoms. The summed E-state index contributed by atoms with van der Waals surface area (Å²) in [4.78, 5) is 0. The van der Waals surface area contributed by atoms with E-state index in [1.807, 2.05) is 0 Å². The van der Waals surface area contributed by atoms with Crippen molar-refractivity contribution in [2.24, 2.45) is 5.92 Å². The molecule has 1 aliphatic carbocycles. The standard InChI is InChI=1S/C8H18.C4H8/c1-4-6-7-8(3)5-2;1-2-4-3-1/h8H,4-7H2,1-3H3;1-4H2. The molecule has 1 unspecified atom stereocenters. The van der Waals surface area contributed by atoms with E-state index in [0.717, 1.165) is 5.92 Å². The third-order valence-corrected chi connectivity index (χ3v) is 2.75. The van der Waals surface area contributed by atoms with E-state index in [2.05, 4.69) is 20.8 Å². The topological polar surface area (TPSA) is 0 Å². The van der Waals surface area contributed by atoms with Gasteiger partial charge in [0.15, 0.2) is 0 Å². The lowest BCUT2D eigenvalue weighted by atomic mass is 10.0. The van der Waals surface area contributed by atoms with Crippen LogP contribution in [0.15, 0.2) is 0 Å². The molecule has 0 aromatic carbocycles. The Balaban J connectivity index is 0.000000247. The molecule has 1 rings (SSSR count). The largest absolute Gasteiger partial charge is 0.0654 e. The molecule has 0 saturated heterocycles. The van der Waals surface area contributed by atoms with Gasteiger partial charge in [0.05, 0.1) is 0 Å². The quantitative estimate of drug-likeness (QED) is 0.569. The predicted octanol–water partition coefficient (Wildman–Crippen LogP) is 4.78. The predicted molar refractivity (Wildman–Crippen MR) is 57.4 cm³/mol. The fourth-order valence-electron chi connectivity index (χ4n) is 1.01. The summed E-state index contributed by atoms with van der Waals surface area (Å²) in [5.41, 5.74) is 0. The number of hydrogen-bond donors (Lipinski definition) is 0. The van der Waals surface area contributed by atoms with Gasteiger partial charge in [0.1, 0.15) is 0 Å². The normalized spacial score (nSPS) is 17.2. The first-order valence-electron chi connectivity index (χ1n) is 5.81. The first-order chi connectivity index (χ1) is 5.81. The molecular weight excluding hydrogens is 144 g/mol. The molecule has 0 N–H and O–H groups in total. The average Bonchev–Trinajstić information content (AvgIpc) is 1.97. The first-order valence-corrected chi connectivity index (χ1v) is 5.81. The van der Waals surface area contributed by atoms with Gasteiger partial charge in [-0.1, -0.05) is 72.1 Å². The van der Waals surface area contributed by atoms with E-state index >= 15 is 0 Å². The maximum Gasteiger partial charge on any atom is -0.0445 e. The molecule has 0 aromatic heterocycles. The monoisotopic (exact) mass is 170 g/mol. The van der Waals surface area contributed by atoms with Crippen LogP contribution in [0.4, 0.5) is 0 Å². The second-order valence-corrected chi connectivity index (χ2v) is 4.07. The Hall–Kier alpha value is 0. The summed E-state index contributed by atoms with van der Waals surface area (Å²) in [6.45, 7) is 6.85. The summed E-state index contributed by atoms with van der Waals surface area (Å²) in [6.07, 6.45) is 11.5. The minimum absolute atomic E-state index is 0.954. The highest BCUT2D eigenvalue weighted by Gasteiger charge is 1.95. The van der Waals surface area contributed by atoms with Crippen LogP contribution in [-0.4, -0.2) is 0 Å². The summed E-state index contributed by atoms with van der Waals surface area (Å²) in [5.74, 6) is 0.954. The summed E-state index contributed by atoms with van der Waals surface area (Å²) in [6, 6.07) is 0. The lowest BCUT2D eigenvalue weighted by Gasteiger charge is -2.05. The third kappa shape index (κ3) is 8.10. The lowest BCUT2D eigenvalue weighted by molar-refractivity contribution is 0.492. The molecule has 0 aliphatic heterocycles. The second kappa shape index (κ2) is 9.09. The van der Waals surface area contributed by atoms with Crippen LogP contribution in [0.25, 0.3) is 0 Å². The van der Waals surface area contributed by atoms with Crippen LogP contribution < -0.4 is 0 Å². The van der Waals surface area contributed by atoms with Crippen LogP contribution in [-0.2, 0) is 0 Å². The molecule has 74 valence electrons. The molecule has 1 saturated carbocycles. The number of hydrogen-bond acceptors (Lipinski definition) is 0. The van der Waals surface area contributed by atoms with Gasteiger partial charge in [-0.05, 0) is 5.92 Å². The Labute approximate surface area is 78.8 Å². The molecule has 0 nitrogen and oxygen atoms in total. The molecule has 0 amide bonds. The highest BCUT2D eigenvalue weighted by Crippen LogP contribution is 2.15. The van der Waals surface area contributed by atoms with Crippen molar-refractivity contribution in [3.63, 3.8) is 0 Å². The van der Waals surface area contributed by atoms with Crippen LogP contribution in [0.3, 0.4) is 0 Å². The van der Waals surface area contributed by atoms with E-state index in [-0.39, 0.29) is 0 Å². The molecule has 0 bridgehead atoms. The molecule has 1 atom stereocenters. The van der Waals surface area contributed by atoms with Crippen LogP contribution in [0.1, 0.15) is 72.1 Å². The van der Waals surface area contributed by atoms with Crippen molar-refractivity contribution in [1.29, 1.82) is 0 Å². The fourth-order valence-corrected chi connectivity index (χ4v) is 1.01. The Morgan fingerprint density at radius 2 is 1.50 bits per heavy atom. The van der Waals surface area contributed by atoms with Gasteiger partial charge in [-0.15, -0.1) is 0 Å². The third-order valence-electron chi connectivity index (χ3n) is 2.75. The summed E-state index contributed by atoms with van der Waals surface area (Å²) < 4.78 is 0. The smallest absolute Gasteiger partial charge is 0.0445 e. The maximum absolute atomic E-state index is 2.33. The van der Waals surface area contributed by atoms with E-state index in [0.29, 0.717) is 0 Å². The zero-order chi connectivity index (χ0) is 9.23. The molecule has 0 heteroatoms. The van der Waals surface area contributed by atoms with Gasteiger partial charge in [0.2, 0.25) is 0 Å². The summed E-state index contributed by atoms with van der Waals surface area (Å²) in [7, 11) is 0. The van der Waals surface area contributed by atoms with E-state index in [9.17, 15) is 0 Å². The first kappa shape index (κ1) is 12.0. The van der Waals surface area contributed by atoms with Gasteiger partial charge in [0, 0.05) is 0 Å². The number of rotatable bonds is 4. The van der Waals surface area contributed by atoms with Crippen LogP contribution in [0.2, 0.25) is 0 Å². The van der Waals surface area contributed by atoms with Gasteiger partial charge >= 0.3 is 0 Å². The summed E-state index contributed by atoms with van der Waals surface area (Å²) >= 11 is 0. The van der Waals surface area contributed by atoms with E-state index in [1.54, 1.807) is 0 Å². The van der Waals surface area contributed by atoms with Crippen molar-refractivity contribution in [2.75, 3.05) is 0 Å². The maximum atomic E-state index is 2.33. The Kier molecular flexibility index (Phi) is 9.09. The van der Waals surface area contributed by atoms with Gasteiger partial charge in [0.25, 0.3) is 0 Å². The van der Waals surface area contributed by atoms with Gasteiger partial charge in [-0.2, -0.15) is 0 Å². The molecule has 0 aromatic rings. The SMILES string of the molecule is C1CCC1.CCCCC(C)CC.